The van der Waals surface area contributed by atoms with E-state index in [4.69, 9.17) is 0 Å². The van der Waals surface area contributed by atoms with Gasteiger partial charge in [0.25, 0.3) is 0 Å². The Balaban J connectivity index is 1.68. The maximum Gasteiger partial charge on any atom is 0.0537 e. The molecule has 3 heterocycles. The molecule has 0 bridgehead atoms. The summed E-state index contributed by atoms with van der Waals surface area (Å²) in [5.41, 5.74) is 1.36. The van der Waals surface area contributed by atoms with E-state index in [0.29, 0.717) is 6.04 Å². The number of aromatic nitrogens is 2. The van der Waals surface area contributed by atoms with Crippen LogP contribution >= 0.6 is 0 Å². The zero-order chi connectivity index (χ0) is 11.8. The molecule has 0 aromatic carbocycles. The number of nitrogens with one attached hydrogen (secondary N) is 1. The highest BCUT2D eigenvalue weighted by Crippen LogP contribution is 2.32. The molecule has 0 radical (unpaired) electrons. The lowest BCUT2D eigenvalue weighted by Crippen LogP contribution is -2.28. The van der Waals surface area contributed by atoms with E-state index in [9.17, 15) is 0 Å². The van der Waals surface area contributed by atoms with E-state index in [1.807, 2.05) is 10.9 Å². The quantitative estimate of drug-likeness (QED) is 0.850. The van der Waals surface area contributed by atoms with Gasteiger partial charge in [-0.05, 0) is 38.8 Å². The van der Waals surface area contributed by atoms with E-state index in [1.165, 1.54) is 31.7 Å². The summed E-state index contributed by atoms with van der Waals surface area (Å²) in [6, 6.07) is 0.515. The summed E-state index contributed by atoms with van der Waals surface area (Å²) < 4.78 is 2.02. The van der Waals surface area contributed by atoms with Crippen LogP contribution in [0.3, 0.4) is 0 Å². The number of nitrogens with zero attached hydrogens (tertiary/aromatic N) is 3. The van der Waals surface area contributed by atoms with Crippen LogP contribution in [-0.4, -0.2) is 40.9 Å². The molecule has 3 atom stereocenters. The summed E-state index contributed by atoms with van der Waals surface area (Å²) >= 11 is 0. The third-order valence-electron chi connectivity index (χ3n) is 4.43. The normalized spacial score (nSPS) is 30.7. The second-order valence-corrected chi connectivity index (χ2v) is 5.44. The first-order chi connectivity index (χ1) is 8.28. The van der Waals surface area contributed by atoms with E-state index in [2.05, 4.69) is 35.4 Å². The van der Waals surface area contributed by atoms with Gasteiger partial charge < -0.3 is 5.32 Å². The molecular weight excluding hydrogens is 212 g/mol. The molecule has 0 aliphatic carbocycles. The fraction of sp³-hybridized carbons (Fsp3) is 0.769. The molecule has 2 fully saturated rings. The Bertz CT molecular complexity index is 375. The molecule has 2 saturated heterocycles. The van der Waals surface area contributed by atoms with Crippen LogP contribution in [0.25, 0.3) is 0 Å². The van der Waals surface area contributed by atoms with Gasteiger partial charge in [0.2, 0.25) is 0 Å². The van der Waals surface area contributed by atoms with E-state index in [0.717, 1.165) is 18.4 Å². The summed E-state index contributed by atoms with van der Waals surface area (Å²) in [6.45, 7) is 10.3. The highest BCUT2D eigenvalue weighted by atomic mass is 15.3. The Morgan fingerprint density at radius 2 is 2.12 bits per heavy atom. The zero-order valence-electron chi connectivity index (χ0n) is 10.8. The van der Waals surface area contributed by atoms with Crippen molar-refractivity contribution in [3.8, 4) is 0 Å². The van der Waals surface area contributed by atoms with Gasteiger partial charge in [-0.25, -0.2) is 0 Å². The molecule has 17 heavy (non-hydrogen) atoms. The Hall–Kier alpha value is -0.870. The first-order valence-electron chi connectivity index (χ1n) is 6.75. The molecular formula is C13H22N4. The van der Waals surface area contributed by atoms with Crippen LogP contribution in [0.15, 0.2) is 12.4 Å². The maximum absolute atomic E-state index is 4.38. The number of aryl methyl sites for hydroxylation is 1. The van der Waals surface area contributed by atoms with Gasteiger partial charge in [-0.1, -0.05) is 0 Å². The number of fused-ring (bicyclic) bond motifs is 1. The minimum absolute atomic E-state index is 0.515. The predicted octanol–water partition coefficient (Wildman–Crippen LogP) is 1.12. The van der Waals surface area contributed by atoms with Crippen LogP contribution in [0.1, 0.15) is 25.5 Å². The van der Waals surface area contributed by atoms with E-state index in [-0.39, 0.29) is 0 Å². The number of hydrogen-bond acceptors (Lipinski definition) is 3. The van der Waals surface area contributed by atoms with Gasteiger partial charge in [0.1, 0.15) is 0 Å². The summed E-state index contributed by atoms with van der Waals surface area (Å²) in [6.07, 6.45) is 4.22. The smallest absolute Gasteiger partial charge is 0.0537 e. The Labute approximate surface area is 103 Å². The maximum atomic E-state index is 4.38. The molecule has 2 aliphatic heterocycles. The Kier molecular flexibility index (Phi) is 2.92. The molecule has 4 nitrogen and oxygen atoms in total. The van der Waals surface area contributed by atoms with Crippen LogP contribution in [0, 0.1) is 11.8 Å². The SMILES string of the molecule is CCn1cc(C(C)N2CC3CNCC3C2)cn1. The fourth-order valence-electron chi connectivity index (χ4n) is 3.19. The summed E-state index contributed by atoms with van der Waals surface area (Å²) in [5.74, 6) is 1.75. The third kappa shape index (κ3) is 2.00. The van der Waals surface area contributed by atoms with Gasteiger partial charge >= 0.3 is 0 Å². The largest absolute Gasteiger partial charge is 0.316 e. The van der Waals surface area contributed by atoms with Crippen molar-refractivity contribution in [2.45, 2.75) is 26.4 Å². The van der Waals surface area contributed by atoms with Crippen molar-refractivity contribution in [2.24, 2.45) is 11.8 Å². The number of likely N-dealkylation sites (tertiary alicyclic amines) is 1. The molecule has 0 saturated carbocycles. The molecule has 0 spiro atoms. The van der Waals surface area contributed by atoms with Gasteiger partial charge in [0.05, 0.1) is 6.20 Å². The lowest BCUT2D eigenvalue weighted by molar-refractivity contribution is 0.244. The van der Waals surface area contributed by atoms with Crippen LogP contribution in [0.4, 0.5) is 0 Å². The second kappa shape index (κ2) is 4.42. The summed E-state index contributed by atoms with van der Waals surface area (Å²) in [5, 5.41) is 7.87. The molecule has 1 N–H and O–H groups in total. The molecule has 3 unspecified atom stereocenters. The lowest BCUT2D eigenvalue weighted by Gasteiger charge is -2.24. The van der Waals surface area contributed by atoms with E-state index >= 15 is 0 Å². The van der Waals surface area contributed by atoms with Crippen molar-refractivity contribution in [3.63, 3.8) is 0 Å². The van der Waals surface area contributed by atoms with Gasteiger partial charge in [0.15, 0.2) is 0 Å². The average Bonchev–Trinajstić information content (AvgIpc) is 3.02. The molecule has 94 valence electrons. The van der Waals surface area contributed by atoms with Crippen LogP contribution < -0.4 is 5.32 Å². The summed E-state index contributed by atoms with van der Waals surface area (Å²) in [7, 11) is 0. The van der Waals surface area contributed by atoms with Crippen molar-refractivity contribution in [1.82, 2.24) is 20.0 Å². The first kappa shape index (κ1) is 11.2. The van der Waals surface area contributed by atoms with Crippen LogP contribution in [0.5, 0.6) is 0 Å². The van der Waals surface area contributed by atoms with Gasteiger partial charge in [-0.15, -0.1) is 0 Å². The standard InChI is InChI=1S/C13H22N4/c1-3-17-9-11(6-15-17)10(2)16-7-12-4-14-5-13(12)8-16/h6,9-10,12-14H,3-5,7-8H2,1-2H3. The third-order valence-corrected chi connectivity index (χ3v) is 4.43. The first-order valence-corrected chi connectivity index (χ1v) is 6.75. The van der Waals surface area contributed by atoms with Gasteiger partial charge in [0, 0.05) is 37.4 Å². The summed E-state index contributed by atoms with van der Waals surface area (Å²) in [4.78, 5) is 2.62. The highest BCUT2D eigenvalue weighted by Gasteiger charge is 2.38. The van der Waals surface area contributed by atoms with E-state index < -0.39 is 0 Å². The van der Waals surface area contributed by atoms with Gasteiger partial charge in [-0.2, -0.15) is 5.10 Å². The highest BCUT2D eigenvalue weighted by molar-refractivity contribution is 5.11. The predicted molar refractivity (Wildman–Crippen MR) is 67.7 cm³/mol. The lowest BCUT2D eigenvalue weighted by atomic mass is 10.0. The van der Waals surface area contributed by atoms with Crippen molar-refractivity contribution < 1.29 is 0 Å². The Morgan fingerprint density at radius 3 is 2.71 bits per heavy atom. The topological polar surface area (TPSA) is 33.1 Å². The molecule has 0 amide bonds. The minimum Gasteiger partial charge on any atom is -0.316 e. The minimum atomic E-state index is 0.515. The molecule has 3 rings (SSSR count). The average molecular weight is 234 g/mol. The molecule has 2 aliphatic rings. The number of hydrogen-bond donors (Lipinski definition) is 1. The Morgan fingerprint density at radius 1 is 1.41 bits per heavy atom. The fourth-order valence-corrected chi connectivity index (χ4v) is 3.19. The van der Waals surface area contributed by atoms with Crippen molar-refractivity contribution in [3.05, 3.63) is 18.0 Å². The van der Waals surface area contributed by atoms with Crippen molar-refractivity contribution in [2.75, 3.05) is 26.2 Å². The van der Waals surface area contributed by atoms with Crippen molar-refractivity contribution in [1.29, 1.82) is 0 Å². The zero-order valence-corrected chi connectivity index (χ0v) is 10.8. The molecule has 1 aromatic heterocycles. The molecule has 1 aromatic rings. The van der Waals surface area contributed by atoms with Crippen molar-refractivity contribution >= 4 is 0 Å². The molecule has 4 heteroatoms. The second-order valence-electron chi connectivity index (χ2n) is 5.44. The van der Waals surface area contributed by atoms with Crippen LogP contribution in [-0.2, 0) is 6.54 Å². The van der Waals surface area contributed by atoms with E-state index in [1.54, 1.807) is 0 Å². The number of rotatable bonds is 3. The van der Waals surface area contributed by atoms with Gasteiger partial charge in [-0.3, -0.25) is 9.58 Å². The monoisotopic (exact) mass is 234 g/mol. The van der Waals surface area contributed by atoms with Crippen LogP contribution in [0.2, 0.25) is 0 Å².